The first-order chi connectivity index (χ1) is 7.63. The standard InChI is InChI=1S/C12H17F2NO/c1-9(15)7-10-3-4-12(11(14)8-10)16-6-2-5-13/h3-4,8-9H,2,5-7,15H2,1H3. The lowest BCUT2D eigenvalue weighted by Gasteiger charge is -2.09. The monoisotopic (exact) mass is 229 g/mol. The third kappa shape index (κ3) is 4.14. The van der Waals surface area contributed by atoms with Gasteiger partial charge in [-0.15, -0.1) is 0 Å². The van der Waals surface area contributed by atoms with Crippen molar-refractivity contribution in [2.75, 3.05) is 13.3 Å². The van der Waals surface area contributed by atoms with Gasteiger partial charge in [0, 0.05) is 12.5 Å². The van der Waals surface area contributed by atoms with Gasteiger partial charge < -0.3 is 10.5 Å². The summed E-state index contributed by atoms with van der Waals surface area (Å²) in [5.41, 5.74) is 6.45. The summed E-state index contributed by atoms with van der Waals surface area (Å²) in [5.74, 6) is -0.251. The molecular formula is C12H17F2NO. The van der Waals surface area contributed by atoms with E-state index in [9.17, 15) is 8.78 Å². The van der Waals surface area contributed by atoms with Crippen molar-refractivity contribution in [3.8, 4) is 5.75 Å². The second-order valence-corrected chi connectivity index (χ2v) is 3.84. The fourth-order valence-electron chi connectivity index (χ4n) is 1.40. The lowest BCUT2D eigenvalue weighted by Crippen LogP contribution is -2.17. The van der Waals surface area contributed by atoms with E-state index in [4.69, 9.17) is 10.5 Å². The van der Waals surface area contributed by atoms with E-state index < -0.39 is 12.5 Å². The highest BCUT2D eigenvalue weighted by molar-refractivity contribution is 5.29. The molecule has 0 aromatic heterocycles. The fraction of sp³-hybridized carbons (Fsp3) is 0.500. The van der Waals surface area contributed by atoms with Crippen molar-refractivity contribution in [2.45, 2.75) is 25.8 Å². The molecule has 0 fully saturated rings. The molecule has 0 aliphatic carbocycles. The molecule has 0 radical (unpaired) electrons. The van der Waals surface area contributed by atoms with Crippen molar-refractivity contribution >= 4 is 0 Å². The van der Waals surface area contributed by atoms with Crippen LogP contribution >= 0.6 is 0 Å². The predicted molar refractivity (Wildman–Crippen MR) is 59.8 cm³/mol. The maximum Gasteiger partial charge on any atom is 0.165 e. The number of alkyl halides is 1. The average molecular weight is 229 g/mol. The summed E-state index contributed by atoms with van der Waals surface area (Å²) >= 11 is 0. The van der Waals surface area contributed by atoms with E-state index in [1.54, 1.807) is 12.1 Å². The molecule has 1 atom stereocenters. The molecule has 0 heterocycles. The molecule has 1 aromatic carbocycles. The van der Waals surface area contributed by atoms with Gasteiger partial charge in [0.1, 0.15) is 0 Å². The van der Waals surface area contributed by atoms with Gasteiger partial charge in [0.05, 0.1) is 13.3 Å². The van der Waals surface area contributed by atoms with Crippen LogP contribution in [0.1, 0.15) is 18.9 Å². The Morgan fingerprint density at radius 1 is 1.44 bits per heavy atom. The first-order valence-electron chi connectivity index (χ1n) is 5.36. The molecule has 0 saturated carbocycles. The van der Waals surface area contributed by atoms with Crippen LogP contribution in [0.25, 0.3) is 0 Å². The minimum absolute atomic E-state index is 0.00212. The van der Waals surface area contributed by atoms with Gasteiger partial charge in [-0.25, -0.2) is 4.39 Å². The number of halogens is 2. The molecule has 2 N–H and O–H groups in total. The number of rotatable bonds is 6. The van der Waals surface area contributed by atoms with Crippen LogP contribution < -0.4 is 10.5 Å². The zero-order valence-corrected chi connectivity index (χ0v) is 9.38. The predicted octanol–water partition coefficient (Wildman–Crippen LogP) is 2.45. The van der Waals surface area contributed by atoms with E-state index in [1.165, 1.54) is 6.07 Å². The van der Waals surface area contributed by atoms with E-state index in [2.05, 4.69) is 0 Å². The number of hydrogen-bond acceptors (Lipinski definition) is 2. The molecule has 4 heteroatoms. The first kappa shape index (κ1) is 12.9. The van der Waals surface area contributed by atoms with Crippen LogP contribution in [0, 0.1) is 5.82 Å². The lowest BCUT2D eigenvalue weighted by atomic mass is 10.1. The Labute approximate surface area is 94.4 Å². The number of nitrogens with two attached hydrogens (primary N) is 1. The van der Waals surface area contributed by atoms with Gasteiger partial charge in [-0.1, -0.05) is 6.07 Å². The summed E-state index contributed by atoms with van der Waals surface area (Å²) in [6.07, 6.45) is 0.905. The van der Waals surface area contributed by atoms with Crippen LogP contribution in [0.15, 0.2) is 18.2 Å². The Hall–Kier alpha value is -1.16. The smallest absolute Gasteiger partial charge is 0.165 e. The van der Waals surface area contributed by atoms with Crippen LogP contribution in [0.4, 0.5) is 8.78 Å². The Bertz CT molecular complexity index is 329. The van der Waals surface area contributed by atoms with Crippen molar-refractivity contribution in [1.82, 2.24) is 0 Å². The van der Waals surface area contributed by atoms with Crippen LogP contribution in [0.5, 0.6) is 5.75 Å². The summed E-state index contributed by atoms with van der Waals surface area (Å²) in [5, 5.41) is 0. The normalized spacial score (nSPS) is 12.5. The maximum atomic E-state index is 13.5. The fourth-order valence-corrected chi connectivity index (χ4v) is 1.40. The Balaban J connectivity index is 2.60. The molecule has 0 saturated heterocycles. The molecule has 1 unspecified atom stereocenters. The maximum absolute atomic E-state index is 13.5. The van der Waals surface area contributed by atoms with Gasteiger partial charge in [0.2, 0.25) is 0 Å². The second kappa shape index (κ2) is 6.43. The Morgan fingerprint density at radius 2 is 2.19 bits per heavy atom. The van der Waals surface area contributed by atoms with E-state index in [1.807, 2.05) is 6.92 Å². The summed E-state index contributed by atoms with van der Waals surface area (Å²) in [4.78, 5) is 0. The van der Waals surface area contributed by atoms with E-state index in [0.29, 0.717) is 6.42 Å². The largest absolute Gasteiger partial charge is 0.490 e. The van der Waals surface area contributed by atoms with Crippen molar-refractivity contribution in [3.05, 3.63) is 29.6 Å². The topological polar surface area (TPSA) is 35.2 Å². The van der Waals surface area contributed by atoms with Crippen LogP contribution in [0.2, 0.25) is 0 Å². The number of ether oxygens (including phenoxy) is 1. The summed E-state index contributed by atoms with van der Waals surface area (Å²) < 4.78 is 30.4. The molecule has 90 valence electrons. The van der Waals surface area contributed by atoms with Crippen LogP contribution in [0.3, 0.4) is 0 Å². The minimum atomic E-state index is -0.454. The van der Waals surface area contributed by atoms with Crippen LogP contribution in [-0.4, -0.2) is 19.3 Å². The molecule has 16 heavy (non-hydrogen) atoms. The second-order valence-electron chi connectivity index (χ2n) is 3.84. The Kier molecular flexibility index (Phi) is 5.19. The Morgan fingerprint density at radius 3 is 2.75 bits per heavy atom. The van der Waals surface area contributed by atoms with Crippen molar-refractivity contribution in [2.24, 2.45) is 5.73 Å². The SMILES string of the molecule is CC(N)Cc1ccc(OCCCF)c(F)c1. The molecule has 0 aliphatic rings. The first-order valence-corrected chi connectivity index (χ1v) is 5.36. The van der Waals surface area contributed by atoms with Crippen molar-refractivity contribution in [3.63, 3.8) is 0 Å². The molecule has 0 aliphatic heterocycles. The van der Waals surface area contributed by atoms with Gasteiger partial charge >= 0.3 is 0 Å². The third-order valence-corrected chi connectivity index (χ3v) is 2.09. The van der Waals surface area contributed by atoms with Gasteiger partial charge in [-0.2, -0.15) is 0 Å². The van der Waals surface area contributed by atoms with Gasteiger partial charge in [0.15, 0.2) is 11.6 Å². The molecule has 0 bridgehead atoms. The highest BCUT2D eigenvalue weighted by Gasteiger charge is 2.06. The zero-order chi connectivity index (χ0) is 12.0. The van der Waals surface area contributed by atoms with E-state index in [-0.39, 0.29) is 24.8 Å². The average Bonchev–Trinajstić information content (AvgIpc) is 2.20. The summed E-state index contributed by atoms with van der Waals surface area (Å²) in [6, 6.07) is 4.74. The van der Waals surface area contributed by atoms with Crippen molar-refractivity contribution in [1.29, 1.82) is 0 Å². The van der Waals surface area contributed by atoms with Gasteiger partial charge in [-0.3, -0.25) is 4.39 Å². The van der Waals surface area contributed by atoms with E-state index in [0.717, 1.165) is 5.56 Å². The zero-order valence-electron chi connectivity index (χ0n) is 9.38. The highest BCUT2D eigenvalue weighted by atomic mass is 19.1. The molecule has 0 spiro atoms. The molecule has 1 aromatic rings. The van der Waals surface area contributed by atoms with Crippen LogP contribution in [-0.2, 0) is 6.42 Å². The molecule has 1 rings (SSSR count). The van der Waals surface area contributed by atoms with Gasteiger partial charge in [-0.05, 0) is 31.0 Å². The number of benzene rings is 1. The lowest BCUT2D eigenvalue weighted by molar-refractivity contribution is 0.277. The molecular weight excluding hydrogens is 212 g/mol. The number of hydrogen-bond donors (Lipinski definition) is 1. The molecule has 0 amide bonds. The highest BCUT2D eigenvalue weighted by Crippen LogP contribution is 2.19. The summed E-state index contributed by atoms with van der Waals surface area (Å²) in [6.45, 7) is 1.61. The quantitative estimate of drug-likeness (QED) is 0.760. The molecule has 2 nitrogen and oxygen atoms in total. The third-order valence-electron chi connectivity index (χ3n) is 2.09. The summed E-state index contributed by atoms with van der Waals surface area (Å²) in [7, 11) is 0. The van der Waals surface area contributed by atoms with E-state index >= 15 is 0 Å². The van der Waals surface area contributed by atoms with Crippen molar-refractivity contribution < 1.29 is 13.5 Å². The minimum Gasteiger partial charge on any atom is -0.490 e. The van der Waals surface area contributed by atoms with Gasteiger partial charge in [0.25, 0.3) is 0 Å².